The standard InChI is InChI=1S/C14H25N2O2P/c1-3-5-7-11-9-17-13-14-16(19-15(11)13)12(10-18-14)8-6-4-2/h11-12,19H,3-10H2,1-2H3/t11-,12-/m0/s1. The number of rotatable bonds is 6. The van der Waals surface area contributed by atoms with Crippen LogP contribution in [0.1, 0.15) is 52.4 Å². The van der Waals surface area contributed by atoms with Gasteiger partial charge in [-0.3, -0.25) is 9.34 Å². The first-order chi connectivity index (χ1) is 9.35. The summed E-state index contributed by atoms with van der Waals surface area (Å²) in [6.45, 7) is 6.21. The second-order valence-electron chi connectivity index (χ2n) is 5.66. The summed E-state index contributed by atoms with van der Waals surface area (Å²) in [4.78, 5) is 0. The molecule has 3 aliphatic heterocycles. The van der Waals surface area contributed by atoms with Crippen LogP contribution in [0.15, 0.2) is 11.8 Å². The summed E-state index contributed by atoms with van der Waals surface area (Å²) in [6, 6.07) is 1.14. The van der Waals surface area contributed by atoms with E-state index < -0.39 is 0 Å². The van der Waals surface area contributed by atoms with Gasteiger partial charge >= 0.3 is 0 Å². The maximum absolute atomic E-state index is 5.90. The summed E-state index contributed by atoms with van der Waals surface area (Å²) < 4.78 is 16.7. The number of unbranched alkanes of at least 4 members (excludes halogenated alkanes) is 2. The Morgan fingerprint density at radius 3 is 1.84 bits per heavy atom. The molecule has 0 aromatic heterocycles. The maximum Gasteiger partial charge on any atom is 0.257 e. The Morgan fingerprint density at radius 1 is 0.947 bits per heavy atom. The first-order valence-corrected chi connectivity index (χ1v) is 8.59. The van der Waals surface area contributed by atoms with Gasteiger partial charge in [0.25, 0.3) is 11.8 Å². The van der Waals surface area contributed by atoms with E-state index in [0.717, 1.165) is 25.0 Å². The zero-order valence-electron chi connectivity index (χ0n) is 12.0. The van der Waals surface area contributed by atoms with Gasteiger partial charge < -0.3 is 9.47 Å². The van der Waals surface area contributed by atoms with Gasteiger partial charge in [-0.2, -0.15) is 0 Å². The van der Waals surface area contributed by atoms with Crippen molar-refractivity contribution in [3.8, 4) is 0 Å². The quantitative estimate of drug-likeness (QED) is 0.698. The van der Waals surface area contributed by atoms with E-state index in [0.29, 0.717) is 21.0 Å². The van der Waals surface area contributed by atoms with E-state index in [4.69, 9.17) is 9.47 Å². The molecular weight excluding hydrogens is 259 g/mol. The molecule has 0 bridgehead atoms. The molecule has 0 spiro atoms. The van der Waals surface area contributed by atoms with Gasteiger partial charge in [0.1, 0.15) is 13.2 Å². The van der Waals surface area contributed by atoms with E-state index in [9.17, 15) is 0 Å². The monoisotopic (exact) mass is 284 g/mol. The van der Waals surface area contributed by atoms with E-state index in [2.05, 4.69) is 23.2 Å². The molecule has 0 aliphatic carbocycles. The summed E-state index contributed by atoms with van der Waals surface area (Å²) in [7, 11) is 0.702. The second-order valence-corrected chi connectivity index (χ2v) is 6.83. The highest BCUT2D eigenvalue weighted by atomic mass is 31.1. The second kappa shape index (κ2) is 5.78. The lowest BCUT2D eigenvalue weighted by Crippen LogP contribution is -2.26. The van der Waals surface area contributed by atoms with Gasteiger partial charge in [0.05, 0.1) is 21.0 Å². The Hall–Kier alpha value is -0.630. The number of hydrogen-bond acceptors (Lipinski definition) is 4. The van der Waals surface area contributed by atoms with Crippen molar-refractivity contribution in [1.82, 2.24) is 9.34 Å². The van der Waals surface area contributed by atoms with Gasteiger partial charge in [0, 0.05) is 0 Å². The predicted molar refractivity (Wildman–Crippen MR) is 77.5 cm³/mol. The first kappa shape index (κ1) is 13.4. The summed E-state index contributed by atoms with van der Waals surface area (Å²) in [5, 5.41) is 0. The average molecular weight is 284 g/mol. The van der Waals surface area contributed by atoms with Crippen LogP contribution in [0.4, 0.5) is 0 Å². The minimum atomic E-state index is 0.571. The van der Waals surface area contributed by atoms with Gasteiger partial charge in [-0.25, -0.2) is 0 Å². The fraction of sp³-hybridized carbons (Fsp3) is 0.857. The average Bonchev–Trinajstić information content (AvgIpc) is 3.06. The largest absolute Gasteiger partial charge is 0.473 e. The molecule has 0 saturated carbocycles. The zero-order chi connectivity index (χ0) is 13.2. The number of hydrogen-bond donors (Lipinski definition) is 0. The number of nitrogens with zero attached hydrogens (tertiary/aromatic N) is 2. The third-order valence-corrected chi connectivity index (χ3v) is 5.74. The van der Waals surface area contributed by atoms with Crippen LogP contribution in [0.2, 0.25) is 0 Å². The smallest absolute Gasteiger partial charge is 0.257 e. The Labute approximate surface area is 118 Å². The molecule has 3 heterocycles. The lowest BCUT2D eigenvalue weighted by atomic mass is 10.1. The van der Waals surface area contributed by atoms with Crippen molar-refractivity contribution in [1.29, 1.82) is 0 Å². The Bertz CT molecular complexity index is 329. The van der Waals surface area contributed by atoms with Gasteiger partial charge in [0.2, 0.25) is 0 Å². The van der Waals surface area contributed by atoms with Crippen molar-refractivity contribution in [3.05, 3.63) is 11.8 Å². The minimum absolute atomic E-state index is 0.571. The van der Waals surface area contributed by atoms with Crippen molar-refractivity contribution in [3.63, 3.8) is 0 Å². The van der Waals surface area contributed by atoms with E-state index >= 15 is 0 Å². The molecule has 0 aromatic rings. The first-order valence-electron chi connectivity index (χ1n) is 7.69. The molecule has 2 atom stereocenters. The third kappa shape index (κ3) is 2.40. The van der Waals surface area contributed by atoms with Crippen LogP contribution < -0.4 is 0 Å². The van der Waals surface area contributed by atoms with Gasteiger partial charge in [-0.15, -0.1) is 0 Å². The van der Waals surface area contributed by atoms with Crippen molar-refractivity contribution in [2.24, 2.45) is 0 Å². The molecule has 3 aliphatic rings. The molecule has 0 aromatic carbocycles. The topological polar surface area (TPSA) is 24.9 Å². The molecule has 0 amide bonds. The van der Waals surface area contributed by atoms with Gasteiger partial charge in [-0.05, 0) is 12.8 Å². The minimum Gasteiger partial charge on any atom is -0.473 e. The molecule has 2 fully saturated rings. The van der Waals surface area contributed by atoms with Crippen LogP contribution in [0.25, 0.3) is 0 Å². The molecule has 5 heteroatoms. The fourth-order valence-electron chi connectivity index (χ4n) is 2.97. The summed E-state index contributed by atoms with van der Waals surface area (Å²) in [5.74, 6) is 2.05. The predicted octanol–water partition coefficient (Wildman–Crippen LogP) is 3.42. The molecular formula is C14H25N2O2P. The molecule has 4 nitrogen and oxygen atoms in total. The summed E-state index contributed by atoms with van der Waals surface area (Å²) >= 11 is 0. The lowest BCUT2D eigenvalue weighted by molar-refractivity contribution is 0.189. The highest BCUT2D eigenvalue weighted by molar-refractivity contribution is 7.33. The maximum atomic E-state index is 5.90. The van der Waals surface area contributed by atoms with Gasteiger partial charge in [-0.1, -0.05) is 39.5 Å². The molecule has 2 saturated heterocycles. The highest BCUT2D eigenvalue weighted by Gasteiger charge is 2.46. The van der Waals surface area contributed by atoms with Crippen LogP contribution in [0, 0.1) is 0 Å². The van der Waals surface area contributed by atoms with Crippen molar-refractivity contribution >= 4 is 8.88 Å². The number of ether oxygens (including phenoxy) is 2. The van der Waals surface area contributed by atoms with Crippen LogP contribution in [0.5, 0.6) is 0 Å². The Morgan fingerprint density at radius 2 is 1.42 bits per heavy atom. The molecule has 108 valence electrons. The Balaban J connectivity index is 1.65. The SMILES string of the molecule is CCCC[C@H]1COC2=C3OC[C@H](CCCC)N3PN21. The van der Waals surface area contributed by atoms with Crippen LogP contribution >= 0.6 is 8.88 Å². The van der Waals surface area contributed by atoms with Crippen LogP contribution in [0.3, 0.4) is 0 Å². The van der Waals surface area contributed by atoms with E-state index in [-0.39, 0.29) is 0 Å². The van der Waals surface area contributed by atoms with Crippen molar-refractivity contribution < 1.29 is 9.47 Å². The van der Waals surface area contributed by atoms with Crippen LogP contribution in [-0.2, 0) is 9.47 Å². The van der Waals surface area contributed by atoms with Crippen LogP contribution in [-0.4, -0.2) is 34.6 Å². The van der Waals surface area contributed by atoms with E-state index in [1.54, 1.807) is 0 Å². The fourth-order valence-corrected chi connectivity index (χ4v) is 4.44. The third-order valence-electron chi connectivity index (χ3n) is 4.17. The molecule has 3 rings (SSSR count). The zero-order valence-corrected chi connectivity index (χ0v) is 13.0. The normalized spacial score (nSPS) is 28.5. The van der Waals surface area contributed by atoms with Crippen molar-refractivity contribution in [2.75, 3.05) is 13.2 Å². The summed E-state index contributed by atoms with van der Waals surface area (Å²) in [5.41, 5.74) is 0. The Kier molecular flexibility index (Phi) is 4.07. The number of fused-ring (bicyclic) bond motifs is 2. The lowest BCUT2D eigenvalue weighted by Gasteiger charge is -2.25. The highest BCUT2D eigenvalue weighted by Crippen LogP contribution is 2.51. The van der Waals surface area contributed by atoms with E-state index in [1.165, 1.54) is 38.5 Å². The molecule has 0 radical (unpaired) electrons. The van der Waals surface area contributed by atoms with E-state index in [1.807, 2.05) is 0 Å². The van der Waals surface area contributed by atoms with Gasteiger partial charge in [0.15, 0.2) is 0 Å². The summed E-state index contributed by atoms with van der Waals surface area (Å²) in [6.07, 6.45) is 7.59. The molecule has 19 heavy (non-hydrogen) atoms. The van der Waals surface area contributed by atoms with Crippen molar-refractivity contribution in [2.45, 2.75) is 64.5 Å². The molecule has 0 unspecified atom stereocenters. The molecule has 0 N–H and O–H groups in total.